The topological polar surface area (TPSA) is 84.9 Å². The minimum absolute atomic E-state index is 0.0180. The second kappa shape index (κ2) is 6.55. The molecule has 0 saturated heterocycles. The first-order chi connectivity index (χ1) is 14.5. The van der Waals surface area contributed by atoms with E-state index in [0.717, 1.165) is 34.9 Å². The number of carbonyl (C=O) groups excluding carboxylic acids is 2. The average molecular weight is 492 g/mol. The maximum atomic E-state index is 13.0. The van der Waals surface area contributed by atoms with Crippen LogP contribution in [0, 0.1) is 22.7 Å². The molecule has 1 aromatic rings. The monoisotopic (exact) mass is 491 g/mol. The first-order valence-corrected chi connectivity index (χ1v) is 11.9. The van der Waals surface area contributed by atoms with Gasteiger partial charge in [-0.15, -0.1) is 0 Å². The van der Waals surface area contributed by atoms with Crippen molar-refractivity contribution >= 4 is 27.6 Å². The summed E-state index contributed by atoms with van der Waals surface area (Å²) < 4.78 is 13.4. The summed E-state index contributed by atoms with van der Waals surface area (Å²) in [5.74, 6) is 0.729. The van der Waals surface area contributed by atoms with Crippen molar-refractivity contribution in [3.05, 3.63) is 27.2 Å². The molecule has 1 aromatic carbocycles. The second-order valence-electron chi connectivity index (χ2n) is 10.6. The lowest BCUT2D eigenvalue weighted by Gasteiger charge is -2.66. The van der Waals surface area contributed by atoms with E-state index in [1.807, 2.05) is 19.9 Å². The molecule has 1 amide bonds. The zero-order chi connectivity index (χ0) is 22.5. The molecule has 6 atom stereocenters. The van der Waals surface area contributed by atoms with E-state index in [4.69, 9.17) is 9.47 Å². The Morgan fingerprint density at radius 2 is 1.97 bits per heavy atom. The Bertz CT molecular complexity index is 1010. The van der Waals surface area contributed by atoms with Crippen molar-refractivity contribution < 1.29 is 24.2 Å². The second-order valence-corrected chi connectivity index (χ2v) is 11.5. The van der Waals surface area contributed by atoms with Crippen LogP contribution < -0.4 is 10.1 Å². The van der Waals surface area contributed by atoms with Crippen molar-refractivity contribution in [2.45, 2.75) is 71.3 Å². The van der Waals surface area contributed by atoms with Gasteiger partial charge in [-0.2, -0.15) is 0 Å². The normalized spacial score (nSPS) is 40.2. The van der Waals surface area contributed by atoms with Gasteiger partial charge in [-0.05, 0) is 52.7 Å². The van der Waals surface area contributed by atoms with Crippen LogP contribution in [0.1, 0.15) is 74.7 Å². The SMILES string of the molecule is CO[C@H]1NC(=O)c2c(Br)cc3c(c21)O[C@@]12C[C@@H](O)C(=O)C(C)(C)[C@@H]1CC[C@H](C)[C@@]2(C)C3. The number of benzene rings is 1. The van der Waals surface area contributed by atoms with Gasteiger partial charge >= 0.3 is 0 Å². The number of ketones is 1. The Labute approximate surface area is 191 Å². The number of amides is 1. The number of halogens is 1. The maximum Gasteiger partial charge on any atom is 0.255 e. The van der Waals surface area contributed by atoms with Gasteiger partial charge in [0.05, 0.1) is 11.1 Å². The highest BCUT2D eigenvalue weighted by Gasteiger charge is 2.69. The summed E-state index contributed by atoms with van der Waals surface area (Å²) >= 11 is 3.59. The minimum Gasteiger partial charge on any atom is -0.485 e. The van der Waals surface area contributed by atoms with E-state index in [-0.39, 0.29) is 29.4 Å². The smallest absolute Gasteiger partial charge is 0.255 e. The van der Waals surface area contributed by atoms with Gasteiger partial charge in [0, 0.05) is 34.8 Å². The molecule has 6 nitrogen and oxygen atoms in total. The van der Waals surface area contributed by atoms with Gasteiger partial charge in [-0.1, -0.05) is 27.7 Å². The Hall–Kier alpha value is -1.44. The number of rotatable bonds is 1. The summed E-state index contributed by atoms with van der Waals surface area (Å²) in [6, 6.07) is 2.00. The molecule has 2 N–H and O–H groups in total. The van der Waals surface area contributed by atoms with Crippen LogP contribution >= 0.6 is 15.9 Å². The molecule has 0 unspecified atom stereocenters. The lowest BCUT2D eigenvalue weighted by atomic mass is 9.43. The van der Waals surface area contributed by atoms with Gasteiger partial charge < -0.3 is 19.9 Å². The maximum absolute atomic E-state index is 13.0. The van der Waals surface area contributed by atoms with Crippen LogP contribution in [0.4, 0.5) is 0 Å². The first-order valence-electron chi connectivity index (χ1n) is 11.1. The highest BCUT2D eigenvalue weighted by molar-refractivity contribution is 9.10. The molecule has 0 radical (unpaired) electrons. The van der Waals surface area contributed by atoms with Gasteiger partial charge in [-0.3, -0.25) is 9.59 Å². The van der Waals surface area contributed by atoms with Crippen LogP contribution in [-0.4, -0.2) is 35.6 Å². The number of fused-ring (bicyclic) bond motifs is 3. The molecule has 2 aliphatic heterocycles. The third kappa shape index (κ3) is 2.51. The van der Waals surface area contributed by atoms with E-state index in [1.165, 1.54) is 0 Å². The molecule has 2 aliphatic carbocycles. The number of hydrogen-bond acceptors (Lipinski definition) is 5. The number of methoxy groups -OCH3 is 1. The summed E-state index contributed by atoms with van der Waals surface area (Å²) in [5, 5.41) is 13.8. The van der Waals surface area contributed by atoms with E-state index in [9.17, 15) is 14.7 Å². The number of nitrogens with one attached hydrogen (secondary N) is 1. The molecule has 1 spiro atoms. The molecule has 0 bridgehead atoms. The Balaban J connectivity index is 1.76. The molecular formula is C24H30BrNO5. The van der Waals surface area contributed by atoms with E-state index >= 15 is 0 Å². The van der Waals surface area contributed by atoms with E-state index < -0.39 is 23.3 Å². The summed E-state index contributed by atoms with van der Waals surface area (Å²) in [6.07, 6.45) is 1.29. The van der Waals surface area contributed by atoms with E-state index in [1.54, 1.807) is 7.11 Å². The van der Waals surface area contributed by atoms with Crippen molar-refractivity contribution in [2.24, 2.45) is 22.7 Å². The van der Waals surface area contributed by atoms with Crippen molar-refractivity contribution in [1.29, 1.82) is 0 Å². The van der Waals surface area contributed by atoms with Crippen LogP contribution in [-0.2, 0) is 16.0 Å². The lowest BCUT2D eigenvalue weighted by Crippen LogP contribution is -2.72. The first kappa shape index (κ1) is 21.4. The number of Topliss-reactive ketones (excluding diaryl/α,β-unsaturated/α-hetero) is 1. The van der Waals surface area contributed by atoms with Crippen LogP contribution in [0.5, 0.6) is 5.75 Å². The van der Waals surface area contributed by atoms with Crippen molar-refractivity contribution in [3.8, 4) is 5.75 Å². The summed E-state index contributed by atoms with van der Waals surface area (Å²) in [5.41, 5.74) is 0.652. The number of aliphatic hydroxyl groups excluding tert-OH is 1. The fourth-order valence-corrected chi connectivity index (χ4v) is 7.76. The number of aliphatic hydroxyl groups is 1. The third-order valence-electron chi connectivity index (χ3n) is 8.99. The number of hydrogen-bond donors (Lipinski definition) is 2. The molecule has 5 rings (SSSR count). The van der Waals surface area contributed by atoms with E-state index in [0.29, 0.717) is 17.2 Å². The molecule has 4 aliphatic rings. The van der Waals surface area contributed by atoms with Crippen LogP contribution in [0.3, 0.4) is 0 Å². The van der Waals surface area contributed by atoms with Crippen LogP contribution in [0.2, 0.25) is 0 Å². The van der Waals surface area contributed by atoms with Gasteiger partial charge in [-0.25, -0.2) is 0 Å². The molecule has 2 heterocycles. The molecule has 2 saturated carbocycles. The molecule has 168 valence electrons. The Morgan fingerprint density at radius 3 is 2.65 bits per heavy atom. The van der Waals surface area contributed by atoms with Gasteiger partial charge in [0.2, 0.25) is 0 Å². The fraction of sp³-hybridized carbons (Fsp3) is 0.667. The van der Waals surface area contributed by atoms with Gasteiger partial charge in [0.1, 0.15) is 17.5 Å². The number of carbonyl (C=O) groups is 2. The highest BCUT2D eigenvalue weighted by Crippen LogP contribution is 2.66. The van der Waals surface area contributed by atoms with Gasteiger partial charge in [0.15, 0.2) is 12.0 Å². The van der Waals surface area contributed by atoms with E-state index in [2.05, 4.69) is 35.1 Å². The Morgan fingerprint density at radius 1 is 1.26 bits per heavy atom. The predicted octanol–water partition coefficient (Wildman–Crippen LogP) is 3.92. The highest BCUT2D eigenvalue weighted by atomic mass is 79.9. The lowest BCUT2D eigenvalue weighted by molar-refractivity contribution is -0.224. The van der Waals surface area contributed by atoms with Crippen molar-refractivity contribution in [1.82, 2.24) is 5.32 Å². The third-order valence-corrected chi connectivity index (χ3v) is 9.61. The van der Waals surface area contributed by atoms with Gasteiger partial charge in [0.25, 0.3) is 5.91 Å². The van der Waals surface area contributed by atoms with Crippen LogP contribution in [0.25, 0.3) is 0 Å². The largest absolute Gasteiger partial charge is 0.485 e. The molecule has 0 aromatic heterocycles. The fourth-order valence-electron chi connectivity index (χ4n) is 7.09. The standard InChI is InChI=1S/C24H30BrNO5/c1-11-6-7-15-22(2,3)19(28)14(27)10-24(15)23(11,4)9-12-8-13(25)16-17(18(12)31-24)21(30-5)26-20(16)29/h8,11,14-15,21,27H,6-7,9-10H2,1-5H3,(H,26,29)/t11-,14+,15-,21+,23+,24-/m0/s1. The minimum atomic E-state index is -1.06. The number of ether oxygens (including phenoxy) is 2. The summed E-state index contributed by atoms with van der Waals surface area (Å²) in [7, 11) is 1.57. The molecule has 2 fully saturated rings. The Kier molecular flexibility index (Phi) is 4.52. The van der Waals surface area contributed by atoms with Crippen molar-refractivity contribution in [2.75, 3.05) is 7.11 Å². The average Bonchev–Trinajstić information content (AvgIpc) is 3.04. The summed E-state index contributed by atoms with van der Waals surface area (Å²) in [4.78, 5) is 25.6. The predicted molar refractivity (Wildman–Crippen MR) is 118 cm³/mol. The van der Waals surface area contributed by atoms with Crippen LogP contribution in [0.15, 0.2) is 10.5 Å². The van der Waals surface area contributed by atoms with Crippen molar-refractivity contribution in [3.63, 3.8) is 0 Å². The zero-order valence-corrected chi connectivity index (χ0v) is 20.3. The quantitative estimate of drug-likeness (QED) is 0.621. The molecular weight excluding hydrogens is 462 g/mol. The zero-order valence-electron chi connectivity index (χ0n) is 18.7. The molecule has 7 heteroatoms. The molecule has 31 heavy (non-hydrogen) atoms. The summed E-state index contributed by atoms with van der Waals surface area (Å²) in [6.45, 7) is 8.42.